The Morgan fingerprint density at radius 3 is 2.71 bits per heavy atom. The first-order valence-corrected chi connectivity index (χ1v) is 6.98. The Morgan fingerprint density at radius 2 is 2.10 bits per heavy atom. The first kappa shape index (κ1) is 17.3. The highest BCUT2D eigenvalue weighted by Crippen LogP contribution is 2.22. The Labute approximate surface area is 126 Å². The second-order valence-electron chi connectivity index (χ2n) is 5.01. The lowest BCUT2D eigenvalue weighted by Crippen LogP contribution is -2.27. The molecule has 0 heterocycles. The highest BCUT2D eigenvalue weighted by atomic mass is 16.5. The molecular formula is C15H25N3O3. The van der Waals surface area contributed by atoms with Gasteiger partial charge in [-0.3, -0.25) is 4.79 Å². The second kappa shape index (κ2) is 9.20. The number of nitrogens with one attached hydrogen (secondary N) is 1. The molecular weight excluding hydrogens is 270 g/mol. The summed E-state index contributed by atoms with van der Waals surface area (Å²) < 4.78 is 10.5. The summed E-state index contributed by atoms with van der Waals surface area (Å²) in [6, 6.07) is 5.07. The summed E-state index contributed by atoms with van der Waals surface area (Å²) in [6.45, 7) is 2.51. The van der Waals surface area contributed by atoms with Crippen LogP contribution in [-0.4, -0.2) is 58.3 Å². The highest BCUT2D eigenvalue weighted by molar-refractivity contribution is 5.95. The van der Waals surface area contributed by atoms with Crippen molar-refractivity contribution in [3.05, 3.63) is 23.8 Å². The standard InChI is InChI=1S/C15H25N3O3/c1-18(2)8-4-9-21-14-6-5-12(11-13(14)16)15(19)17-7-10-20-3/h5-6,11H,4,7-10,16H2,1-3H3,(H,17,19). The van der Waals surface area contributed by atoms with E-state index in [9.17, 15) is 4.79 Å². The number of hydrogen-bond acceptors (Lipinski definition) is 5. The average molecular weight is 295 g/mol. The van der Waals surface area contributed by atoms with E-state index in [1.807, 2.05) is 14.1 Å². The SMILES string of the molecule is COCCNC(=O)c1ccc(OCCCN(C)C)c(N)c1. The molecule has 0 fully saturated rings. The summed E-state index contributed by atoms with van der Waals surface area (Å²) in [5, 5.41) is 2.75. The molecule has 6 nitrogen and oxygen atoms in total. The molecule has 0 radical (unpaired) electrons. The average Bonchev–Trinajstić information content (AvgIpc) is 2.44. The van der Waals surface area contributed by atoms with E-state index in [1.165, 1.54) is 0 Å². The van der Waals surface area contributed by atoms with E-state index in [0.29, 0.717) is 36.8 Å². The van der Waals surface area contributed by atoms with Gasteiger partial charge in [-0.15, -0.1) is 0 Å². The predicted molar refractivity (Wildman–Crippen MR) is 83.7 cm³/mol. The zero-order valence-corrected chi connectivity index (χ0v) is 13.0. The quantitative estimate of drug-likeness (QED) is 0.524. The van der Waals surface area contributed by atoms with Crippen LogP contribution in [0.5, 0.6) is 5.75 Å². The lowest BCUT2D eigenvalue weighted by Gasteiger charge is -2.12. The third kappa shape index (κ3) is 6.46. The maximum atomic E-state index is 11.8. The van der Waals surface area contributed by atoms with Crippen molar-refractivity contribution in [2.45, 2.75) is 6.42 Å². The van der Waals surface area contributed by atoms with Gasteiger partial charge in [-0.05, 0) is 38.7 Å². The number of ether oxygens (including phenoxy) is 2. The van der Waals surface area contributed by atoms with Gasteiger partial charge in [0.05, 0.1) is 18.9 Å². The van der Waals surface area contributed by atoms with E-state index < -0.39 is 0 Å². The zero-order chi connectivity index (χ0) is 15.7. The molecule has 21 heavy (non-hydrogen) atoms. The number of hydrogen-bond donors (Lipinski definition) is 2. The number of nitrogens with two attached hydrogens (primary N) is 1. The van der Waals surface area contributed by atoms with Crippen molar-refractivity contribution < 1.29 is 14.3 Å². The number of rotatable bonds is 9. The van der Waals surface area contributed by atoms with Crippen LogP contribution in [0.3, 0.4) is 0 Å². The van der Waals surface area contributed by atoms with Crippen molar-refractivity contribution >= 4 is 11.6 Å². The molecule has 0 aliphatic carbocycles. The summed E-state index contributed by atoms with van der Waals surface area (Å²) >= 11 is 0. The van der Waals surface area contributed by atoms with Crippen LogP contribution in [-0.2, 0) is 4.74 Å². The molecule has 118 valence electrons. The van der Waals surface area contributed by atoms with E-state index in [1.54, 1.807) is 25.3 Å². The molecule has 0 saturated heterocycles. The van der Waals surface area contributed by atoms with Crippen LogP contribution in [0.15, 0.2) is 18.2 Å². The Hall–Kier alpha value is -1.79. The van der Waals surface area contributed by atoms with Gasteiger partial charge in [-0.25, -0.2) is 0 Å². The largest absolute Gasteiger partial charge is 0.491 e. The summed E-state index contributed by atoms with van der Waals surface area (Å²) in [5.41, 5.74) is 6.91. The number of amides is 1. The maximum absolute atomic E-state index is 11.8. The molecule has 1 rings (SSSR count). The molecule has 0 bridgehead atoms. The number of nitrogens with zero attached hydrogens (tertiary/aromatic N) is 1. The molecule has 1 aromatic rings. The first-order valence-electron chi connectivity index (χ1n) is 6.98. The fourth-order valence-electron chi connectivity index (χ4n) is 1.75. The van der Waals surface area contributed by atoms with E-state index in [0.717, 1.165) is 13.0 Å². The summed E-state index contributed by atoms with van der Waals surface area (Å²) in [6.07, 6.45) is 0.922. The molecule has 0 saturated carbocycles. The lowest BCUT2D eigenvalue weighted by atomic mass is 10.1. The smallest absolute Gasteiger partial charge is 0.251 e. The van der Waals surface area contributed by atoms with Gasteiger partial charge in [0, 0.05) is 25.8 Å². The minimum absolute atomic E-state index is 0.169. The molecule has 1 amide bonds. The van der Waals surface area contributed by atoms with Crippen LogP contribution in [0.2, 0.25) is 0 Å². The van der Waals surface area contributed by atoms with Crippen molar-refractivity contribution in [2.24, 2.45) is 0 Å². The van der Waals surface area contributed by atoms with E-state index in [4.69, 9.17) is 15.2 Å². The van der Waals surface area contributed by atoms with Crippen molar-refractivity contribution in [1.29, 1.82) is 0 Å². The highest BCUT2D eigenvalue weighted by Gasteiger charge is 2.08. The molecule has 0 aliphatic heterocycles. The number of benzene rings is 1. The summed E-state index contributed by atoms with van der Waals surface area (Å²) in [5.74, 6) is 0.445. The van der Waals surface area contributed by atoms with Gasteiger partial charge < -0.3 is 25.4 Å². The Morgan fingerprint density at radius 1 is 1.33 bits per heavy atom. The minimum atomic E-state index is -0.169. The Bertz CT molecular complexity index is 450. The van der Waals surface area contributed by atoms with Crippen molar-refractivity contribution in [3.8, 4) is 5.75 Å². The monoisotopic (exact) mass is 295 g/mol. The topological polar surface area (TPSA) is 76.8 Å². The molecule has 0 atom stereocenters. The van der Waals surface area contributed by atoms with Gasteiger partial charge in [0.25, 0.3) is 5.91 Å². The summed E-state index contributed by atoms with van der Waals surface area (Å²) in [4.78, 5) is 13.9. The van der Waals surface area contributed by atoms with Crippen LogP contribution in [0.4, 0.5) is 5.69 Å². The molecule has 6 heteroatoms. The predicted octanol–water partition coefficient (Wildman–Crippen LogP) is 0.976. The van der Waals surface area contributed by atoms with Gasteiger partial charge in [0.15, 0.2) is 0 Å². The van der Waals surface area contributed by atoms with Gasteiger partial charge >= 0.3 is 0 Å². The van der Waals surface area contributed by atoms with Crippen molar-refractivity contribution in [1.82, 2.24) is 10.2 Å². The van der Waals surface area contributed by atoms with E-state index in [2.05, 4.69) is 10.2 Å². The van der Waals surface area contributed by atoms with Crippen LogP contribution in [0.25, 0.3) is 0 Å². The van der Waals surface area contributed by atoms with E-state index in [-0.39, 0.29) is 5.91 Å². The second-order valence-corrected chi connectivity index (χ2v) is 5.01. The van der Waals surface area contributed by atoms with Crippen LogP contribution in [0.1, 0.15) is 16.8 Å². The Balaban J connectivity index is 2.49. The molecule has 0 aliphatic rings. The minimum Gasteiger partial charge on any atom is -0.491 e. The fourth-order valence-corrected chi connectivity index (χ4v) is 1.75. The zero-order valence-electron chi connectivity index (χ0n) is 13.0. The van der Waals surface area contributed by atoms with Crippen molar-refractivity contribution in [3.63, 3.8) is 0 Å². The molecule has 1 aromatic carbocycles. The Kier molecular flexibility index (Phi) is 7.56. The molecule has 0 unspecified atom stereocenters. The third-order valence-electron chi connectivity index (χ3n) is 2.87. The van der Waals surface area contributed by atoms with E-state index >= 15 is 0 Å². The maximum Gasteiger partial charge on any atom is 0.251 e. The number of methoxy groups -OCH3 is 1. The lowest BCUT2D eigenvalue weighted by molar-refractivity contribution is 0.0937. The molecule has 0 spiro atoms. The van der Waals surface area contributed by atoms with Gasteiger partial charge in [-0.1, -0.05) is 0 Å². The fraction of sp³-hybridized carbons (Fsp3) is 0.533. The normalized spacial score (nSPS) is 10.7. The molecule has 0 aromatic heterocycles. The number of nitrogen functional groups attached to an aromatic ring is 1. The van der Waals surface area contributed by atoms with Crippen LogP contribution in [0, 0.1) is 0 Å². The third-order valence-corrected chi connectivity index (χ3v) is 2.87. The summed E-state index contributed by atoms with van der Waals surface area (Å²) in [7, 11) is 5.63. The number of carbonyl (C=O) groups is 1. The molecule has 3 N–H and O–H groups in total. The van der Waals surface area contributed by atoms with Crippen LogP contribution < -0.4 is 15.8 Å². The van der Waals surface area contributed by atoms with Crippen molar-refractivity contribution in [2.75, 3.05) is 53.2 Å². The number of anilines is 1. The van der Waals surface area contributed by atoms with Gasteiger partial charge in [0.2, 0.25) is 0 Å². The van der Waals surface area contributed by atoms with Crippen LogP contribution >= 0.6 is 0 Å². The number of carbonyl (C=O) groups excluding carboxylic acids is 1. The van der Waals surface area contributed by atoms with Gasteiger partial charge in [-0.2, -0.15) is 0 Å². The first-order chi connectivity index (χ1) is 10.0. The van der Waals surface area contributed by atoms with Gasteiger partial charge in [0.1, 0.15) is 5.75 Å².